The highest BCUT2D eigenvalue weighted by Crippen LogP contribution is 2.18. The molecular weight excluding hydrogens is 242 g/mol. The molecular formula is C15H23NOS. The summed E-state index contributed by atoms with van der Waals surface area (Å²) in [6.45, 7) is 5.07. The van der Waals surface area contributed by atoms with Crippen molar-refractivity contribution in [2.75, 3.05) is 11.5 Å². The second kappa shape index (κ2) is 7.05. The smallest absolute Gasteiger partial charge is 0.120 e. The Labute approximate surface area is 114 Å². The van der Waals surface area contributed by atoms with Crippen molar-refractivity contribution < 1.29 is 4.74 Å². The molecule has 1 N–H and O–H groups in total. The molecule has 0 aromatic heterocycles. The molecule has 0 spiro atoms. The largest absolute Gasteiger partial charge is 0.491 e. The molecule has 1 aromatic carbocycles. The van der Waals surface area contributed by atoms with Crippen molar-refractivity contribution in [1.82, 2.24) is 5.32 Å². The van der Waals surface area contributed by atoms with Gasteiger partial charge in [-0.3, -0.25) is 0 Å². The molecule has 1 saturated heterocycles. The van der Waals surface area contributed by atoms with Gasteiger partial charge in [0.2, 0.25) is 0 Å². The third kappa shape index (κ3) is 4.54. The zero-order valence-corrected chi connectivity index (χ0v) is 12.1. The van der Waals surface area contributed by atoms with Crippen molar-refractivity contribution in [2.24, 2.45) is 0 Å². The lowest BCUT2D eigenvalue weighted by atomic mass is 10.1. The molecule has 100 valence electrons. The van der Waals surface area contributed by atoms with Crippen molar-refractivity contribution in [2.45, 2.75) is 45.4 Å². The van der Waals surface area contributed by atoms with Crippen LogP contribution in [-0.2, 0) is 6.54 Å². The van der Waals surface area contributed by atoms with Crippen LogP contribution in [0.4, 0.5) is 0 Å². The lowest BCUT2D eigenvalue weighted by Crippen LogP contribution is -2.32. The highest BCUT2D eigenvalue weighted by Gasteiger charge is 2.12. The number of rotatable bonds is 5. The summed E-state index contributed by atoms with van der Waals surface area (Å²) in [6.07, 6.45) is 2.84. The van der Waals surface area contributed by atoms with Gasteiger partial charge in [-0.2, -0.15) is 11.8 Å². The first-order valence-electron chi connectivity index (χ1n) is 6.81. The monoisotopic (exact) mass is 265 g/mol. The molecule has 1 aliphatic heterocycles. The van der Waals surface area contributed by atoms with Gasteiger partial charge in [0.05, 0.1) is 6.10 Å². The van der Waals surface area contributed by atoms with Crippen LogP contribution in [0.2, 0.25) is 0 Å². The minimum absolute atomic E-state index is 0.239. The molecule has 0 saturated carbocycles. The van der Waals surface area contributed by atoms with Crippen LogP contribution in [0.1, 0.15) is 32.3 Å². The Kier molecular flexibility index (Phi) is 5.39. The van der Waals surface area contributed by atoms with Gasteiger partial charge in [-0.15, -0.1) is 0 Å². The van der Waals surface area contributed by atoms with E-state index in [1.807, 2.05) is 6.07 Å². The lowest BCUT2D eigenvalue weighted by molar-refractivity contribution is 0.242. The SMILES string of the molecule is CC(C)Oc1cccc(CNC2CCSCC2)c1. The molecule has 3 heteroatoms. The topological polar surface area (TPSA) is 21.3 Å². The molecule has 1 fully saturated rings. The van der Waals surface area contributed by atoms with Gasteiger partial charge in [0.1, 0.15) is 5.75 Å². The number of ether oxygens (including phenoxy) is 1. The Morgan fingerprint density at radius 1 is 1.33 bits per heavy atom. The first kappa shape index (κ1) is 13.8. The van der Waals surface area contributed by atoms with Crippen LogP contribution >= 0.6 is 11.8 Å². The fourth-order valence-corrected chi connectivity index (χ4v) is 3.27. The molecule has 0 unspecified atom stereocenters. The number of benzene rings is 1. The Balaban J connectivity index is 1.84. The third-order valence-electron chi connectivity index (χ3n) is 3.09. The summed E-state index contributed by atoms with van der Waals surface area (Å²) in [4.78, 5) is 0. The summed E-state index contributed by atoms with van der Waals surface area (Å²) < 4.78 is 5.72. The average Bonchev–Trinajstić information content (AvgIpc) is 2.37. The highest BCUT2D eigenvalue weighted by atomic mass is 32.2. The third-order valence-corrected chi connectivity index (χ3v) is 4.14. The van der Waals surface area contributed by atoms with E-state index < -0.39 is 0 Å². The van der Waals surface area contributed by atoms with E-state index in [4.69, 9.17) is 4.74 Å². The molecule has 18 heavy (non-hydrogen) atoms. The van der Waals surface area contributed by atoms with Crippen LogP contribution in [0.3, 0.4) is 0 Å². The zero-order chi connectivity index (χ0) is 12.8. The lowest BCUT2D eigenvalue weighted by Gasteiger charge is -2.22. The Hall–Kier alpha value is -0.670. The van der Waals surface area contributed by atoms with Gasteiger partial charge >= 0.3 is 0 Å². The van der Waals surface area contributed by atoms with E-state index in [1.165, 1.54) is 29.9 Å². The summed E-state index contributed by atoms with van der Waals surface area (Å²) in [5.41, 5.74) is 1.31. The Bertz CT molecular complexity index is 361. The van der Waals surface area contributed by atoms with Crippen molar-refractivity contribution >= 4 is 11.8 Å². The maximum absolute atomic E-state index is 5.72. The van der Waals surface area contributed by atoms with Crippen molar-refractivity contribution in [3.63, 3.8) is 0 Å². The minimum Gasteiger partial charge on any atom is -0.491 e. The number of nitrogens with one attached hydrogen (secondary N) is 1. The van der Waals surface area contributed by atoms with Crippen LogP contribution in [0.25, 0.3) is 0 Å². The molecule has 0 atom stereocenters. The Morgan fingerprint density at radius 2 is 2.11 bits per heavy atom. The van der Waals surface area contributed by atoms with Gasteiger partial charge < -0.3 is 10.1 Å². The second-order valence-corrected chi connectivity index (χ2v) is 6.31. The zero-order valence-electron chi connectivity index (χ0n) is 11.3. The van der Waals surface area contributed by atoms with E-state index in [0.29, 0.717) is 6.04 Å². The van der Waals surface area contributed by atoms with Gasteiger partial charge in [0.25, 0.3) is 0 Å². The number of hydrogen-bond acceptors (Lipinski definition) is 3. The first-order chi connectivity index (χ1) is 8.74. The molecule has 2 nitrogen and oxygen atoms in total. The predicted molar refractivity (Wildman–Crippen MR) is 79.4 cm³/mol. The van der Waals surface area contributed by atoms with Crippen LogP contribution in [0.15, 0.2) is 24.3 Å². The van der Waals surface area contributed by atoms with Crippen LogP contribution in [-0.4, -0.2) is 23.7 Å². The Morgan fingerprint density at radius 3 is 2.83 bits per heavy atom. The number of hydrogen-bond donors (Lipinski definition) is 1. The number of thioether (sulfide) groups is 1. The summed E-state index contributed by atoms with van der Waals surface area (Å²) in [7, 11) is 0. The summed E-state index contributed by atoms with van der Waals surface area (Å²) in [6, 6.07) is 9.11. The molecule has 0 radical (unpaired) electrons. The van der Waals surface area contributed by atoms with Gasteiger partial charge in [0.15, 0.2) is 0 Å². The van der Waals surface area contributed by atoms with Crippen LogP contribution in [0.5, 0.6) is 5.75 Å². The van der Waals surface area contributed by atoms with Crippen molar-refractivity contribution in [3.05, 3.63) is 29.8 Å². The molecule has 1 aliphatic rings. The van der Waals surface area contributed by atoms with Crippen molar-refractivity contribution in [1.29, 1.82) is 0 Å². The van der Waals surface area contributed by atoms with E-state index in [1.54, 1.807) is 0 Å². The average molecular weight is 265 g/mol. The van der Waals surface area contributed by atoms with Crippen molar-refractivity contribution in [3.8, 4) is 5.75 Å². The summed E-state index contributed by atoms with van der Waals surface area (Å²) >= 11 is 2.07. The van der Waals surface area contributed by atoms with Gasteiger partial charge in [-0.1, -0.05) is 12.1 Å². The standard InChI is InChI=1S/C15H23NOS/c1-12(2)17-15-5-3-4-13(10-15)11-16-14-6-8-18-9-7-14/h3-5,10,12,14,16H,6-9,11H2,1-2H3. The highest BCUT2D eigenvalue weighted by molar-refractivity contribution is 7.99. The molecule has 0 amide bonds. The van der Waals surface area contributed by atoms with E-state index in [0.717, 1.165) is 12.3 Å². The molecule has 2 rings (SSSR count). The maximum atomic E-state index is 5.72. The van der Waals surface area contributed by atoms with E-state index in [-0.39, 0.29) is 6.10 Å². The summed E-state index contributed by atoms with van der Waals surface area (Å²) in [5, 5.41) is 3.65. The molecule has 1 heterocycles. The normalized spacial score (nSPS) is 17.1. The molecule has 0 aliphatic carbocycles. The van der Waals surface area contributed by atoms with Gasteiger partial charge in [0, 0.05) is 12.6 Å². The fourth-order valence-electron chi connectivity index (χ4n) is 2.16. The second-order valence-electron chi connectivity index (χ2n) is 5.08. The van der Waals surface area contributed by atoms with Crippen LogP contribution < -0.4 is 10.1 Å². The van der Waals surface area contributed by atoms with Crippen LogP contribution in [0, 0.1) is 0 Å². The molecule has 0 bridgehead atoms. The summed E-state index contributed by atoms with van der Waals surface area (Å²) in [5.74, 6) is 3.58. The van der Waals surface area contributed by atoms with Gasteiger partial charge in [-0.25, -0.2) is 0 Å². The predicted octanol–water partition coefficient (Wildman–Crippen LogP) is 3.46. The van der Waals surface area contributed by atoms with E-state index >= 15 is 0 Å². The van der Waals surface area contributed by atoms with E-state index in [9.17, 15) is 0 Å². The fraction of sp³-hybridized carbons (Fsp3) is 0.600. The maximum Gasteiger partial charge on any atom is 0.120 e. The minimum atomic E-state index is 0.239. The van der Waals surface area contributed by atoms with E-state index in [2.05, 4.69) is 49.1 Å². The quantitative estimate of drug-likeness (QED) is 0.881. The van der Waals surface area contributed by atoms with Gasteiger partial charge in [-0.05, 0) is 55.9 Å². The molecule has 1 aromatic rings. The first-order valence-corrected chi connectivity index (χ1v) is 7.96.